The average Bonchev–Trinajstić information content (AvgIpc) is 2.91. The van der Waals surface area contributed by atoms with Crippen LogP contribution in [0.3, 0.4) is 0 Å². The van der Waals surface area contributed by atoms with Crippen molar-refractivity contribution in [2.45, 2.75) is 12.2 Å². The number of allylic oxidation sites excluding steroid dienone is 3. The van der Waals surface area contributed by atoms with Gasteiger partial charge in [-0.25, -0.2) is 0 Å². The second-order valence-electron chi connectivity index (χ2n) is 9.06. The Bertz CT molecular complexity index is 1530. The van der Waals surface area contributed by atoms with E-state index in [0.717, 1.165) is 11.1 Å². The summed E-state index contributed by atoms with van der Waals surface area (Å²) in [6, 6.07) is 21.9. The van der Waals surface area contributed by atoms with Crippen LogP contribution < -0.4 is 0 Å². The number of aliphatic hydroxyl groups excluding tert-OH is 4. The van der Waals surface area contributed by atoms with Crippen LogP contribution in [0.2, 0.25) is 0 Å². The molecule has 3 aromatic carbocycles. The molecule has 0 spiro atoms. The average molecular weight is 507 g/mol. The quantitative estimate of drug-likeness (QED) is 0.248. The Hall–Kier alpha value is -4.78. The van der Waals surface area contributed by atoms with E-state index in [2.05, 4.69) is 0 Å². The fourth-order valence-corrected chi connectivity index (χ4v) is 4.62. The van der Waals surface area contributed by atoms with Crippen molar-refractivity contribution >= 4 is 23.8 Å². The topological polar surface area (TPSA) is 121 Å². The van der Waals surface area contributed by atoms with E-state index >= 15 is 0 Å². The Balaban J connectivity index is 1.43. The molecule has 0 bridgehead atoms. The maximum Gasteiger partial charge on any atom is 0.129 e. The minimum atomic E-state index is -1.45. The molecule has 0 heterocycles. The van der Waals surface area contributed by atoms with E-state index in [-0.39, 0.29) is 39.5 Å². The van der Waals surface area contributed by atoms with Crippen LogP contribution in [0.5, 0.6) is 11.5 Å². The first-order chi connectivity index (χ1) is 18.3. The second-order valence-corrected chi connectivity index (χ2v) is 9.06. The van der Waals surface area contributed by atoms with Crippen molar-refractivity contribution in [3.05, 3.63) is 142 Å². The summed E-state index contributed by atoms with van der Waals surface area (Å²) in [5.41, 5.74) is 2.62. The van der Waals surface area contributed by atoms with Crippen LogP contribution in [0.1, 0.15) is 22.3 Å². The molecule has 0 saturated heterocycles. The highest BCUT2D eigenvalue weighted by Crippen LogP contribution is 2.49. The molecule has 6 nitrogen and oxygen atoms in total. The van der Waals surface area contributed by atoms with Crippen LogP contribution in [0.25, 0.3) is 23.8 Å². The highest BCUT2D eigenvalue weighted by Gasteiger charge is 2.42. The van der Waals surface area contributed by atoms with Gasteiger partial charge in [-0.2, -0.15) is 0 Å². The molecule has 6 N–H and O–H groups in total. The number of hydrogen-bond donors (Lipinski definition) is 6. The number of hydrogen-bond acceptors (Lipinski definition) is 6. The van der Waals surface area contributed by atoms with Gasteiger partial charge < -0.3 is 30.6 Å². The minimum Gasteiger partial charge on any atom is -0.508 e. The monoisotopic (exact) mass is 506 g/mol. The van der Waals surface area contributed by atoms with E-state index in [1.807, 2.05) is 72.8 Å². The Morgan fingerprint density at radius 3 is 1.63 bits per heavy atom. The summed E-state index contributed by atoms with van der Waals surface area (Å²) >= 11 is 0. The molecule has 0 aliphatic heterocycles. The normalized spacial score (nSPS) is 21.5. The summed E-state index contributed by atoms with van der Waals surface area (Å²) in [7, 11) is 0. The Labute approximate surface area is 219 Å². The lowest BCUT2D eigenvalue weighted by atomic mass is 9.76. The Morgan fingerprint density at radius 2 is 1.11 bits per heavy atom. The van der Waals surface area contributed by atoms with Crippen molar-refractivity contribution in [1.29, 1.82) is 0 Å². The number of aliphatic hydroxyl groups is 4. The molecule has 0 aromatic heterocycles. The standard InChI is InChI=1S/C32H26O6/c33-23-15-21(13-11-19-7-3-1-4-8-19)16-24(34)27(23)29-31(37)30(32(29)38)28-25(35)17-22(18-26(28)36)14-12-20-9-5-2-6-10-20/h1-18,23,31,33-38H/b13-11+,14-12+,29-27+. The summed E-state index contributed by atoms with van der Waals surface area (Å²) in [5.74, 6) is -1.40. The van der Waals surface area contributed by atoms with Gasteiger partial charge in [0.1, 0.15) is 35.2 Å². The van der Waals surface area contributed by atoms with E-state index in [4.69, 9.17) is 0 Å². The fraction of sp³-hybridized carbons (Fsp3) is 0.0625. The number of phenolic OH excluding ortho intramolecular Hbond substituents is 2. The third kappa shape index (κ3) is 4.78. The molecule has 0 radical (unpaired) electrons. The molecule has 6 heteroatoms. The summed E-state index contributed by atoms with van der Waals surface area (Å²) in [6.07, 6.45) is 7.27. The largest absolute Gasteiger partial charge is 0.508 e. The molecule has 0 saturated carbocycles. The lowest BCUT2D eigenvalue weighted by molar-refractivity contribution is 0.208. The summed E-state index contributed by atoms with van der Waals surface area (Å²) in [6.45, 7) is 0. The van der Waals surface area contributed by atoms with Crippen LogP contribution >= 0.6 is 0 Å². The van der Waals surface area contributed by atoms with E-state index < -0.39 is 18.0 Å². The first-order valence-corrected chi connectivity index (χ1v) is 12.0. The van der Waals surface area contributed by atoms with Gasteiger partial charge in [-0.05, 0) is 46.5 Å². The molecule has 2 aliphatic rings. The zero-order valence-corrected chi connectivity index (χ0v) is 20.2. The van der Waals surface area contributed by atoms with Crippen molar-refractivity contribution in [3.63, 3.8) is 0 Å². The first kappa shape index (κ1) is 24.9. The Kier molecular flexibility index (Phi) is 6.75. The zero-order chi connectivity index (χ0) is 26.8. The molecular weight excluding hydrogens is 480 g/mol. The lowest BCUT2D eigenvalue weighted by Gasteiger charge is -2.34. The van der Waals surface area contributed by atoms with Crippen molar-refractivity contribution < 1.29 is 30.6 Å². The molecule has 2 unspecified atom stereocenters. The Morgan fingerprint density at radius 1 is 0.579 bits per heavy atom. The van der Waals surface area contributed by atoms with E-state index in [0.29, 0.717) is 11.1 Å². The van der Waals surface area contributed by atoms with Gasteiger partial charge in [-0.3, -0.25) is 0 Å². The summed E-state index contributed by atoms with van der Waals surface area (Å²) in [4.78, 5) is 0. The van der Waals surface area contributed by atoms with Gasteiger partial charge in [-0.1, -0.05) is 85.0 Å². The fourth-order valence-electron chi connectivity index (χ4n) is 4.62. The van der Waals surface area contributed by atoms with E-state index in [9.17, 15) is 30.6 Å². The van der Waals surface area contributed by atoms with Crippen molar-refractivity contribution in [3.8, 4) is 11.5 Å². The highest BCUT2D eigenvalue weighted by molar-refractivity contribution is 5.91. The molecule has 5 rings (SSSR count). The minimum absolute atomic E-state index is 0.0444. The summed E-state index contributed by atoms with van der Waals surface area (Å²) < 4.78 is 0. The smallest absolute Gasteiger partial charge is 0.129 e. The highest BCUT2D eigenvalue weighted by atomic mass is 16.3. The van der Waals surface area contributed by atoms with Gasteiger partial charge in [-0.15, -0.1) is 0 Å². The molecule has 0 fully saturated rings. The molecule has 2 atom stereocenters. The van der Waals surface area contributed by atoms with Crippen LogP contribution in [-0.2, 0) is 0 Å². The molecular formula is C32H26O6. The molecule has 2 aliphatic carbocycles. The molecule has 0 amide bonds. The maximum atomic E-state index is 10.9. The molecule has 3 aromatic rings. The number of rotatable bonds is 5. The predicted octanol–water partition coefficient (Wildman–Crippen LogP) is 5.66. The molecule has 38 heavy (non-hydrogen) atoms. The van der Waals surface area contributed by atoms with Gasteiger partial charge in [0, 0.05) is 16.7 Å². The van der Waals surface area contributed by atoms with Gasteiger partial charge in [0.2, 0.25) is 0 Å². The second kappa shape index (κ2) is 10.3. The van der Waals surface area contributed by atoms with Crippen molar-refractivity contribution in [1.82, 2.24) is 0 Å². The zero-order valence-electron chi connectivity index (χ0n) is 20.2. The first-order valence-electron chi connectivity index (χ1n) is 12.0. The number of phenols is 2. The lowest BCUT2D eigenvalue weighted by Crippen LogP contribution is -2.31. The maximum absolute atomic E-state index is 10.9. The van der Waals surface area contributed by atoms with Crippen LogP contribution in [0.4, 0.5) is 0 Å². The third-order valence-corrected chi connectivity index (χ3v) is 6.50. The SMILES string of the molecule is OC1=CC(/C=C/c2ccccc2)=CC(O)/C1=C1\C(O)=C(c2c(O)cc(/C=C/c3ccccc3)cc2O)C1O. The van der Waals surface area contributed by atoms with Gasteiger partial charge in [0.25, 0.3) is 0 Å². The van der Waals surface area contributed by atoms with Crippen LogP contribution in [0, 0.1) is 0 Å². The van der Waals surface area contributed by atoms with E-state index in [1.165, 1.54) is 24.3 Å². The predicted molar refractivity (Wildman–Crippen MR) is 148 cm³/mol. The van der Waals surface area contributed by atoms with Crippen LogP contribution in [-0.4, -0.2) is 42.8 Å². The number of aromatic hydroxyl groups is 2. The number of benzene rings is 3. The van der Waals surface area contributed by atoms with E-state index in [1.54, 1.807) is 12.2 Å². The summed E-state index contributed by atoms with van der Waals surface area (Å²) in [5, 5.41) is 64.3. The van der Waals surface area contributed by atoms with Crippen LogP contribution in [0.15, 0.2) is 119 Å². The van der Waals surface area contributed by atoms with Crippen molar-refractivity contribution in [2.24, 2.45) is 0 Å². The van der Waals surface area contributed by atoms with Crippen molar-refractivity contribution in [2.75, 3.05) is 0 Å². The van der Waals surface area contributed by atoms with Gasteiger partial charge >= 0.3 is 0 Å². The molecule has 190 valence electrons. The van der Waals surface area contributed by atoms with Gasteiger partial charge in [0.15, 0.2) is 0 Å². The third-order valence-electron chi connectivity index (χ3n) is 6.50. The van der Waals surface area contributed by atoms with Gasteiger partial charge in [0.05, 0.1) is 5.56 Å².